The number of rotatable bonds is 9. The van der Waals surface area contributed by atoms with E-state index in [0.29, 0.717) is 24.8 Å². The van der Waals surface area contributed by atoms with E-state index in [4.69, 9.17) is 0 Å². The molecule has 7 nitrogen and oxygen atoms in total. The van der Waals surface area contributed by atoms with E-state index in [-0.39, 0.29) is 10.7 Å². The van der Waals surface area contributed by atoms with Crippen LogP contribution in [0.25, 0.3) is 11.1 Å². The van der Waals surface area contributed by atoms with Gasteiger partial charge < -0.3 is 5.11 Å². The number of hydrogen-bond acceptors (Lipinski definition) is 6. The van der Waals surface area contributed by atoms with Gasteiger partial charge in [0.1, 0.15) is 11.6 Å². The van der Waals surface area contributed by atoms with E-state index >= 15 is 0 Å². The number of nitrogens with zero attached hydrogens (tertiary/aromatic N) is 3. The summed E-state index contributed by atoms with van der Waals surface area (Å²) < 4.78 is 42.7. The number of aryl methyl sites for hydroxylation is 2. The minimum Gasteiger partial charge on any atom is -0.492 e. The van der Waals surface area contributed by atoms with Crippen molar-refractivity contribution in [2.75, 3.05) is 0 Å². The van der Waals surface area contributed by atoms with Crippen LogP contribution in [0.1, 0.15) is 56.1 Å². The van der Waals surface area contributed by atoms with Crippen LogP contribution in [0, 0.1) is 12.7 Å². The predicted molar refractivity (Wildman–Crippen MR) is 143 cm³/mol. The Morgan fingerprint density at radius 1 is 1.08 bits per heavy atom. The summed E-state index contributed by atoms with van der Waals surface area (Å²) in [5.74, 6) is -1.04. The van der Waals surface area contributed by atoms with Crippen LogP contribution in [0.2, 0.25) is 0 Å². The van der Waals surface area contributed by atoms with Gasteiger partial charge in [0.25, 0.3) is 5.56 Å². The molecule has 9 heteroatoms. The monoisotopic (exact) mass is 535 g/mol. The van der Waals surface area contributed by atoms with E-state index in [2.05, 4.69) is 9.97 Å². The van der Waals surface area contributed by atoms with E-state index < -0.39 is 38.0 Å². The lowest BCUT2D eigenvalue weighted by atomic mass is 10.0. The molecule has 0 aliphatic rings. The van der Waals surface area contributed by atoms with Crippen molar-refractivity contribution in [2.45, 2.75) is 62.3 Å². The molecule has 0 saturated carbocycles. The van der Waals surface area contributed by atoms with E-state index in [1.807, 2.05) is 26.8 Å². The number of aromatic nitrogens is 3. The zero-order valence-electron chi connectivity index (χ0n) is 21.6. The second-order valence-corrected chi connectivity index (χ2v) is 11.0. The number of aromatic hydroxyl groups is 1. The van der Waals surface area contributed by atoms with Crippen molar-refractivity contribution >= 4 is 9.84 Å². The second-order valence-electron chi connectivity index (χ2n) is 9.16. The molecule has 2 aromatic carbocycles. The molecule has 2 heterocycles. The highest BCUT2D eigenvalue weighted by molar-refractivity contribution is 7.91. The standard InChI is InChI=1S/C29H30FN3O4S/c1-4-6-10-26-32-28(34)27(29(35)33(26)25(5-2)21-8-7-9-22(30)17-21)38(36,37)23-13-11-20(12-14-23)24-15-16-31-18-19(24)3/h7-9,11-18,25,34H,4-6,10H2,1-3H3. The first kappa shape index (κ1) is 27.2. The molecule has 0 aliphatic heterocycles. The van der Waals surface area contributed by atoms with E-state index in [1.165, 1.54) is 28.8 Å². The van der Waals surface area contributed by atoms with Crippen molar-refractivity contribution in [3.8, 4) is 17.0 Å². The summed E-state index contributed by atoms with van der Waals surface area (Å²) in [4.78, 5) is 21.2. The molecule has 0 fully saturated rings. The van der Waals surface area contributed by atoms with Gasteiger partial charge in [0.05, 0.1) is 10.9 Å². The largest absolute Gasteiger partial charge is 0.492 e. The SMILES string of the molecule is CCCCc1nc(O)c(S(=O)(=O)c2ccc(-c3ccncc3C)cc2)c(=O)n1C(CC)c1cccc(F)c1. The third kappa shape index (κ3) is 5.24. The van der Waals surface area contributed by atoms with Crippen molar-refractivity contribution in [1.29, 1.82) is 0 Å². The highest BCUT2D eigenvalue weighted by atomic mass is 32.2. The van der Waals surface area contributed by atoms with Gasteiger partial charge in [0.15, 0.2) is 4.90 Å². The molecule has 1 N–H and O–H groups in total. The van der Waals surface area contributed by atoms with Gasteiger partial charge in [0, 0.05) is 18.8 Å². The van der Waals surface area contributed by atoms with Crippen molar-refractivity contribution < 1.29 is 17.9 Å². The van der Waals surface area contributed by atoms with Gasteiger partial charge >= 0.3 is 0 Å². The topological polar surface area (TPSA) is 102 Å². The molecule has 4 rings (SSSR count). The van der Waals surface area contributed by atoms with Gasteiger partial charge in [-0.3, -0.25) is 14.3 Å². The summed E-state index contributed by atoms with van der Waals surface area (Å²) in [7, 11) is -4.43. The van der Waals surface area contributed by atoms with Gasteiger partial charge in [-0.1, -0.05) is 44.5 Å². The molecule has 38 heavy (non-hydrogen) atoms. The zero-order valence-corrected chi connectivity index (χ0v) is 22.4. The Labute approximate surface area is 221 Å². The lowest BCUT2D eigenvalue weighted by Crippen LogP contribution is -2.33. The van der Waals surface area contributed by atoms with Gasteiger partial charge in [-0.25, -0.2) is 12.8 Å². The molecular formula is C29H30FN3O4S. The van der Waals surface area contributed by atoms with Crippen LogP contribution in [0.3, 0.4) is 0 Å². The van der Waals surface area contributed by atoms with E-state index in [0.717, 1.165) is 23.1 Å². The number of halogens is 1. The predicted octanol–water partition coefficient (Wildman–Crippen LogP) is 5.63. The summed E-state index contributed by atoms with van der Waals surface area (Å²) in [6.45, 7) is 5.70. The number of unbranched alkanes of at least 4 members (excludes halogenated alkanes) is 1. The molecule has 0 amide bonds. The molecule has 0 spiro atoms. The Morgan fingerprint density at radius 2 is 1.82 bits per heavy atom. The van der Waals surface area contributed by atoms with Crippen LogP contribution >= 0.6 is 0 Å². The van der Waals surface area contributed by atoms with Crippen LogP contribution in [-0.2, 0) is 16.3 Å². The fraction of sp³-hybridized carbons (Fsp3) is 0.276. The molecule has 1 atom stereocenters. The summed E-state index contributed by atoms with van der Waals surface area (Å²) in [6, 6.07) is 13.1. The van der Waals surface area contributed by atoms with Gasteiger partial charge in [0.2, 0.25) is 15.7 Å². The van der Waals surface area contributed by atoms with Crippen LogP contribution in [0.4, 0.5) is 4.39 Å². The maximum absolute atomic E-state index is 14.1. The summed E-state index contributed by atoms with van der Waals surface area (Å²) in [5.41, 5.74) is 2.25. The molecular weight excluding hydrogens is 505 g/mol. The van der Waals surface area contributed by atoms with Crippen LogP contribution < -0.4 is 5.56 Å². The number of pyridine rings is 1. The second kappa shape index (κ2) is 11.3. The molecule has 1 unspecified atom stereocenters. The Hall–Kier alpha value is -3.85. The Morgan fingerprint density at radius 3 is 2.45 bits per heavy atom. The highest BCUT2D eigenvalue weighted by Crippen LogP contribution is 2.30. The highest BCUT2D eigenvalue weighted by Gasteiger charge is 2.31. The Bertz CT molecular complexity index is 1620. The maximum Gasteiger partial charge on any atom is 0.277 e. The molecule has 0 radical (unpaired) electrons. The van der Waals surface area contributed by atoms with Crippen LogP contribution in [-0.4, -0.2) is 28.1 Å². The smallest absolute Gasteiger partial charge is 0.277 e. The summed E-state index contributed by atoms with van der Waals surface area (Å²) in [5, 5.41) is 10.8. The lowest BCUT2D eigenvalue weighted by Gasteiger charge is -2.23. The van der Waals surface area contributed by atoms with Crippen molar-refractivity contribution in [3.63, 3.8) is 0 Å². The number of sulfone groups is 1. The minimum atomic E-state index is -4.43. The van der Waals surface area contributed by atoms with Crippen molar-refractivity contribution in [2.24, 2.45) is 0 Å². The zero-order chi connectivity index (χ0) is 27.4. The molecule has 4 aromatic rings. The Balaban J connectivity index is 1.87. The first-order valence-electron chi connectivity index (χ1n) is 12.5. The number of hydrogen-bond donors (Lipinski definition) is 1. The van der Waals surface area contributed by atoms with Gasteiger partial charge in [-0.05, 0) is 72.4 Å². The molecule has 0 bridgehead atoms. The third-order valence-corrected chi connectivity index (χ3v) is 8.37. The molecule has 0 saturated heterocycles. The summed E-state index contributed by atoms with van der Waals surface area (Å²) >= 11 is 0. The quantitative estimate of drug-likeness (QED) is 0.298. The fourth-order valence-corrected chi connectivity index (χ4v) is 5.97. The molecule has 198 valence electrons. The van der Waals surface area contributed by atoms with Crippen molar-refractivity contribution in [1.82, 2.24) is 14.5 Å². The summed E-state index contributed by atoms with van der Waals surface area (Å²) in [6.07, 6.45) is 5.58. The van der Waals surface area contributed by atoms with Gasteiger partial charge in [-0.2, -0.15) is 4.98 Å². The third-order valence-electron chi connectivity index (χ3n) is 6.58. The Kier molecular flexibility index (Phi) is 8.06. The van der Waals surface area contributed by atoms with Crippen LogP contribution in [0.15, 0.2) is 81.6 Å². The van der Waals surface area contributed by atoms with E-state index in [1.54, 1.807) is 36.7 Å². The van der Waals surface area contributed by atoms with Crippen LogP contribution in [0.5, 0.6) is 5.88 Å². The first-order chi connectivity index (χ1) is 18.2. The average molecular weight is 536 g/mol. The average Bonchev–Trinajstić information content (AvgIpc) is 2.89. The molecule has 0 aliphatic carbocycles. The lowest BCUT2D eigenvalue weighted by molar-refractivity contribution is 0.406. The first-order valence-corrected chi connectivity index (χ1v) is 14.0. The van der Waals surface area contributed by atoms with Crippen molar-refractivity contribution in [3.05, 3.63) is 100 Å². The molecule has 2 aromatic heterocycles. The normalized spacial score (nSPS) is 12.4. The van der Waals surface area contributed by atoms with E-state index in [9.17, 15) is 22.7 Å². The van der Waals surface area contributed by atoms with Gasteiger partial charge in [-0.15, -0.1) is 0 Å². The number of benzene rings is 2. The maximum atomic E-state index is 14.1. The minimum absolute atomic E-state index is 0.145. The fourth-order valence-electron chi connectivity index (χ4n) is 4.63.